The largest absolute Gasteiger partial charge is 1.00 e. The third-order valence-electron chi connectivity index (χ3n) is 8.56. The molecule has 3 unspecified atom stereocenters. The Hall–Kier alpha value is -5.49. The third kappa shape index (κ3) is 10.2. The number of nitrogens with zero attached hydrogens (tertiary/aromatic N) is 7. The van der Waals surface area contributed by atoms with Crippen LogP contribution in [0.2, 0.25) is 0 Å². The highest BCUT2D eigenvalue weighted by molar-refractivity contribution is 7.10. The number of nitriles is 2. The van der Waals surface area contributed by atoms with Gasteiger partial charge in [-0.25, -0.2) is 18.6 Å². The molecule has 0 aliphatic heterocycles. The van der Waals surface area contributed by atoms with Crippen LogP contribution in [0.15, 0.2) is 78.7 Å². The van der Waals surface area contributed by atoms with Gasteiger partial charge in [0.25, 0.3) is 6.33 Å². The van der Waals surface area contributed by atoms with Crippen molar-refractivity contribution in [1.82, 2.24) is 20.1 Å². The van der Waals surface area contributed by atoms with Gasteiger partial charge in [0.05, 0.1) is 46.2 Å². The van der Waals surface area contributed by atoms with E-state index in [0.717, 1.165) is 23.8 Å². The number of hydrogen-bond acceptors (Lipinski definition) is 11. The van der Waals surface area contributed by atoms with Crippen molar-refractivity contribution in [3.8, 4) is 23.4 Å². The fraction of sp³-hybridized carbons (Fsp3) is 0.270. The first-order chi connectivity index (χ1) is 25.4. The van der Waals surface area contributed by atoms with Crippen molar-refractivity contribution in [3.63, 3.8) is 0 Å². The van der Waals surface area contributed by atoms with Gasteiger partial charge in [-0.15, -0.1) is 28.4 Å². The highest BCUT2D eigenvalue weighted by Gasteiger charge is 2.43. The molecule has 2 aromatic heterocycles. The lowest BCUT2D eigenvalue weighted by atomic mass is 9.82. The summed E-state index contributed by atoms with van der Waals surface area (Å²) < 4.78 is 43.6. The van der Waals surface area contributed by atoms with Crippen LogP contribution in [0.5, 0.6) is 0 Å². The van der Waals surface area contributed by atoms with Crippen molar-refractivity contribution in [2.24, 2.45) is 0 Å². The Kier molecular flexibility index (Phi) is 15.3. The number of amides is 1. The molecule has 55 heavy (non-hydrogen) atoms. The maximum absolute atomic E-state index is 15.4. The van der Waals surface area contributed by atoms with Crippen LogP contribution in [0.25, 0.3) is 11.3 Å². The SMILES string of the molecule is CNCC(=O)OCc1cc(C#N)ccc1N(C)C(=O)OC(C)[n+]1cnn(CC(O)(c2cc(F)ccc2F)C(C)c2nc(-c3ccc(C#N)cc3)cs2)c1.Cl.[Cl-]. The second kappa shape index (κ2) is 19.2. The molecule has 13 nitrogen and oxygen atoms in total. The van der Waals surface area contributed by atoms with E-state index in [1.807, 2.05) is 6.07 Å². The van der Waals surface area contributed by atoms with E-state index >= 15 is 4.39 Å². The predicted octanol–water partition coefficient (Wildman–Crippen LogP) is 2.49. The molecule has 0 saturated heterocycles. The first-order valence-electron chi connectivity index (χ1n) is 16.2. The van der Waals surface area contributed by atoms with Gasteiger partial charge in [0.15, 0.2) is 0 Å². The van der Waals surface area contributed by atoms with Crippen LogP contribution in [-0.2, 0) is 33.0 Å². The Bertz CT molecular complexity index is 2210. The molecular weight excluding hydrogens is 777 g/mol. The lowest BCUT2D eigenvalue weighted by Gasteiger charge is -2.32. The topological polar surface area (TPSA) is 170 Å². The first kappa shape index (κ1) is 43.9. The predicted molar refractivity (Wildman–Crippen MR) is 195 cm³/mol. The lowest BCUT2D eigenvalue weighted by molar-refractivity contribution is -0.753. The zero-order valence-electron chi connectivity index (χ0n) is 29.9. The summed E-state index contributed by atoms with van der Waals surface area (Å²) in [5, 5.41) is 40.0. The number of anilines is 1. The smallest absolute Gasteiger partial charge is 0.416 e. The number of halogens is 4. The molecule has 0 radical (unpaired) electrons. The second-order valence-electron chi connectivity index (χ2n) is 12.1. The molecule has 0 fully saturated rings. The van der Waals surface area contributed by atoms with Crippen molar-refractivity contribution in [2.45, 2.75) is 44.7 Å². The van der Waals surface area contributed by atoms with Crippen LogP contribution < -0.4 is 27.2 Å². The van der Waals surface area contributed by atoms with E-state index < -0.39 is 41.4 Å². The second-order valence-corrected chi connectivity index (χ2v) is 13.0. The summed E-state index contributed by atoms with van der Waals surface area (Å²) in [6.07, 6.45) is 1.09. The Morgan fingerprint density at radius 2 is 1.78 bits per heavy atom. The number of aromatic nitrogens is 4. The lowest BCUT2D eigenvalue weighted by Crippen LogP contribution is -3.00. The molecule has 5 aromatic rings. The molecule has 1 amide bonds. The van der Waals surface area contributed by atoms with E-state index in [0.29, 0.717) is 33.1 Å². The molecule has 0 aliphatic carbocycles. The van der Waals surface area contributed by atoms with Gasteiger partial charge in [-0.2, -0.15) is 15.1 Å². The Morgan fingerprint density at radius 3 is 2.45 bits per heavy atom. The molecule has 18 heteroatoms. The Labute approximate surface area is 332 Å². The minimum atomic E-state index is -2.06. The number of benzene rings is 3. The van der Waals surface area contributed by atoms with E-state index in [4.69, 9.17) is 19.7 Å². The minimum Gasteiger partial charge on any atom is -1.00 e. The van der Waals surface area contributed by atoms with E-state index in [-0.39, 0.29) is 50.1 Å². The number of hydrogen-bond donors (Lipinski definition) is 2. The van der Waals surface area contributed by atoms with Gasteiger partial charge >= 0.3 is 12.1 Å². The summed E-state index contributed by atoms with van der Waals surface area (Å²) in [5.41, 5.74) is 0.524. The van der Waals surface area contributed by atoms with Gasteiger partial charge in [0.2, 0.25) is 12.6 Å². The number of ether oxygens (including phenoxy) is 2. The van der Waals surface area contributed by atoms with Gasteiger partial charge in [-0.05, 0) is 55.6 Å². The van der Waals surface area contributed by atoms with Crippen molar-refractivity contribution in [3.05, 3.63) is 118 Å². The van der Waals surface area contributed by atoms with Crippen LogP contribution >= 0.6 is 23.7 Å². The quantitative estimate of drug-likeness (QED) is 0.133. The van der Waals surface area contributed by atoms with Crippen LogP contribution in [0.4, 0.5) is 19.3 Å². The summed E-state index contributed by atoms with van der Waals surface area (Å²) in [4.78, 5) is 31.1. The highest BCUT2D eigenvalue weighted by Crippen LogP contribution is 2.41. The standard InChI is InChI=1S/C37H35F2N8O5S.2ClH/c1-23(35-44-32(19-53-35)27-8-5-25(15-40)6-9-27)37(50,30-14-29(38)10-11-31(30)39)20-47-22-46(21-43-47)24(2)52-36(49)45(4)33-12-7-26(16-41)13-28(33)18-51-34(48)17-42-3;;/h5-14,19,21-24,42,50H,17-18,20H2,1-4H3;2*1H/q+1;;/p-1. The molecule has 2 heterocycles. The van der Waals surface area contributed by atoms with Crippen molar-refractivity contribution in [2.75, 3.05) is 25.5 Å². The molecule has 5 rings (SSSR count). The van der Waals surface area contributed by atoms with Crippen molar-refractivity contribution < 1.29 is 49.9 Å². The van der Waals surface area contributed by atoms with Crippen LogP contribution in [0, 0.1) is 34.3 Å². The summed E-state index contributed by atoms with van der Waals surface area (Å²) in [6, 6.07) is 18.3. The summed E-state index contributed by atoms with van der Waals surface area (Å²) in [5.74, 6) is -2.95. The average molecular weight is 814 g/mol. The fourth-order valence-electron chi connectivity index (χ4n) is 5.52. The van der Waals surface area contributed by atoms with Crippen LogP contribution in [0.1, 0.15) is 53.3 Å². The van der Waals surface area contributed by atoms with Crippen molar-refractivity contribution in [1.29, 1.82) is 10.5 Å². The molecule has 3 aromatic carbocycles. The van der Waals surface area contributed by atoms with Gasteiger partial charge in [-0.1, -0.05) is 19.1 Å². The van der Waals surface area contributed by atoms with E-state index in [1.54, 1.807) is 56.6 Å². The number of rotatable bonds is 13. The zero-order valence-corrected chi connectivity index (χ0v) is 32.3. The van der Waals surface area contributed by atoms with Crippen LogP contribution in [-0.4, -0.2) is 52.6 Å². The Balaban J connectivity index is 0.00000406. The summed E-state index contributed by atoms with van der Waals surface area (Å²) >= 11 is 1.24. The number of carbonyl (C=O) groups is 2. The molecular formula is C37H36Cl2F2N8O5S. The van der Waals surface area contributed by atoms with Gasteiger partial charge in [-0.3, -0.25) is 9.69 Å². The monoisotopic (exact) mass is 812 g/mol. The van der Waals surface area contributed by atoms with Gasteiger partial charge < -0.3 is 32.3 Å². The van der Waals surface area contributed by atoms with E-state index in [1.165, 1.54) is 57.3 Å². The zero-order chi connectivity index (χ0) is 38.3. The third-order valence-corrected chi connectivity index (χ3v) is 9.59. The maximum atomic E-state index is 15.4. The van der Waals surface area contributed by atoms with Gasteiger partial charge in [0, 0.05) is 47.1 Å². The van der Waals surface area contributed by atoms with Gasteiger partial charge in [0.1, 0.15) is 30.4 Å². The highest BCUT2D eigenvalue weighted by atomic mass is 35.5. The van der Waals surface area contributed by atoms with E-state index in [9.17, 15) is 24.3 Å². The molecule has 0 saturated carbocycles. The normalized spacial score (nSPS) is 12.7. The number of carbonyl (C=O) groups excluding carboxylic acids is 2. The molecule has 0 bridgehead atoms. The number of aliphatic hydroxyl groups is 1. The minimum absolute atomic E-state index is 0. The molecule has 3 atom stereocenters. The number of thiazole rings is 1. The molecule has 288 valence electrons. The molecule has 0 aliphatic rings. The number of esters is 1. The molecule has 2 N–H and O–H groups in total. The Morgan fingerprint density at radius 1 is 1.09 bits per heavy atom. The average Bonchev–Trinajstić information content (AvgIpc) is 3.85. The first-order valence-corrected chi connectivity index (χ1v) is 17.1. The number of nitrogens with one attached hydrogen (secondary N) is 1. The fourth-order valence-corrected chi connectivity index (χ4v) is 6.49. The number of likely N-dealkylation sites (N-methyl/N-ethyl adjacent to an activating group) is 1. The summed E-state index contributed by atoms with van der Waals surface area (Å²) in [7, 11) is 3.06. The van der Waals surface area contributed by atoms with Crippen LogP contribution in [0.3, 0.4) is 0 Å². The maximum Gasteiger partial charge on any atom is 0.416 e. The van der Waals surface area contributed by atoms with Crippen molar-refractivity contribution >= 4 is 41.5 Å². The summed E-state index contributed by atoms with van der Waals surface area (Å²) in [6.45, 7) is 2.69. The molecule has 0 spiro atoms. The van der Waals surface area contributed by atoms with E-state index in [2.05, 4.69) is 16.5 Å².